The SMILES string of the molecule is C[C@@H]1CCCC[C@H](NC(=O)c2cc(Cl)ccc2Cl)C(=O)N2C[C@H]3[C@@H]([C@H]2C(=O)N[C@H](C#N)C[C@@H]1C(N)=O)C3(C)C. The molecule has 1 aromatic carbocycles. The number of benzene rings is 1. The lowest BCUT2D eigenvalue weighted by Gasteiger charge is -2.34. The molecule has 0 aromatic heterocycles. The van der Waals surface area contributed by atoms with Gasteiger partial charge in [0, 0.05) is 17.5 Å². The summed E-state index contributed by atoms with van der Waals surface area (Å²) in [5, 5.41) is 16.0. The average Bonchev–Trinajstić information content (AvgIpc) is 3.21. The second kappa shape index (κ2) is 11.3. The van der Waals surface area contributed by atoms with Gasteiger partial charge in [-0.05, 0) is 60.6 Å². The summed E-state index contributed by atoms with van der Waals surface area (Å²) in [7, 11) is 0. The van der Waals surface area contributed by atoms with Crippen molar-refractivity contribution in [2.45, 2.75) is 71.0 Å². The Morgan fingerprint density at radius 3 is 2.56 bits per heavy atom. The summed E-state index contributed by atoms with van der Waals surface area (Å²) >= 11 is 12.3. The van der Waals surface area contributed by atoms with Crippen LogP contribution in [0.4, 0.5) is 0 Å². The number of fused-ring (bicyclic) bond motifs is 3. The molecule has 2 aliphatic heterocycles. The molecule has 9 nitrogen and oxygen atoms in total. The number of halogens is 2. The van der Waals surface area contributed by atoms with Crippen molar-refractivity contribution in [3.8, 4) is 6.07 Å². The lowest BCUT2D eigenvalue weighted by molar-refractivity contribution is -0.142. The van der Waals surface area contributed by atoms with Crippen LogP contribution in [0.5, 0.6) is 0 Å². The first-order valence-electron chi connectivity index (χ1n) is 13.4. The molecular formula is C28H35Cl2N5O4. The third-order valence-corrected chi connectivity index (χ3v) is 9.52. The Balaban J connectivity index is 1.65. The van der Waals surface area contributed by atoms with Crippen molar-refractivity contribution in [3.63, 3.8) is 0 Å². The fourth-order valence-corrected chi connectivity index (χ4v) is 6.85. The van der Waals surface area contributed by atoms with Gasteiger partial charge >= 0.3 is 0 Å². The van der Waals surface area contributed by atoms with Gasteiger partial charge in [0.15, 0.2) is 0 Å². The van der Waals surface area contributed by atoms with Gasteiger partial charge in [-0.1, -0.05) is 56.8 Å². The van der Waals surface area contributed by atoms with Gasteiger partial charge in [0.25, 0.3) is 5.91 Å². The van der Waals surface area contributed by atoms with Crippen molar-refractivity contribution >= 4 is 46.8 Å². The largest absolute Gasteiger partial charge is 0.369 e. The third kappa shape index (κ3) is 5.87. The molecule has 4 N–H and O–H groups in total. The Bertz CT molecular complexity index is 1210. The number of carbonyl (C=O) groups excluding carboxylic acids is 4. The number of hydrogen-bond acceptors (Lipinski definition) is 5. The number of nitrogens with zero attached hydrogens (tertiary/aromatic N) is 2. The van der Waals surface area contributed by atoms with E-state index in [1.165, 1.54) is 12.1 Å². The van der Waals surface area contributed by atoms with Gasteiger partial charge < -0.3 is 21.3 Å². The molecule has 3 aliphatic rings. The second-order valence-electron chi connectivity index (χ2n) is 11.7. The maximum absolute atomic E-state index is 13.9. The maximum Gasteiger partial charge on any atom is 0.253 e. The molecule has 4 amide bonds. The molecule has 7 atom stereocenters. The van der Waals surface area contributed by atoms with Crippen molar-refractivity contribution < 1.29 is 19.2 Å². The molecule has 0 unspecified atom stereocenters. The molecule has 11 heteroatoms. The van der Waals surface area contributed by atoms with Crippen LogP contribution in [0.15, 0.2) is 18.2 Å². The summed E-state index contributed by atoms with van der Waals surface area (Å²) in [6.07, 6.45) is 2.39. The molecule has 39 heavy (non-hydrogen) atoms. The van der Waals surface area contributed by atoms with Crippen molar-refractivity contribution in [1.29, 1.82) is 5.26 Å². The molecule has 1 aromatic rings. The summed E-state index contributed by atoms with van der Waals surface area (Å²) in [6.45, 7) is 6.42. The van der Waals surface area contributed by atoms with E-state index in [0.29, 0.717) is 37.3 Å². The highest BCUT2D eigenvalue weighted by molar-refractivity contribution is 6.35. The second-order valence-corrected chi connectivity index (χ2v) is 12.6. The molecule has 4 rings (SSSR count). The number of piperidine rings is 1. The molecule has 3 fully saturated rings. The summed E-state index contributed by atoms with van der Waals surface area (Å²) < 4.78 is 0. The Morgan fingerprint density at radius 1 is 1.21 bits per heavy atom. The zero-order chi connectivity index (χ0) is 28.6. The topological polar surface area (TPSA) is 145 Å². The minimum Gasteiger partial charge on any atom is -0.369 e. The van der Waals surface area contributed by atoms with Crippen molar-refractivity contribution in [2.24, 2.45) is 34.8 Å². The molecule has 2 saturated heterocycles. The minimum atomic E-state index is -0.918. The molecule has 1 aliphatic carbocycles. The van der Waals surface area contributed by atoms with Gasteiger partial charge in [0.05, 0.1) is 16.7 Å². The molecule has 2 heterocycles. The Hall–Kier alpha value is -2.83. The van der Waals surface area contributed by atoms with E-state index in [2.05, 4.69) is 30.6 Å². The van der Waals surface area contributed by atoms with Crippen LogP contribution in [0.25, 0.3) is 0 Å². The minimum absolute atomic E-state index is 0.0710. The average molecular weight is 577 g/mol. The lowest BCUT2D eigenvalue weighted by atomic mass is 9.84. The van der Waals surface area contributed by atoms with E-state index >= 15 is 0 Å². The van der Waals surface area contributed by atoms with Gasteiger partial charge in [0.2, 0.25) is 17.7 Å². The third-order valence-electron chi connectivity index (χ3n) is 8.95. The maximum atomic E-state index is 13.9. The van der Waals surface area contributed by atoms with Gasteiger partial charge in [0.1, 0.15) is 18.1 Å². The summed E-state index contributed by atoms with van der Waals surface area (Å²) in [5.74, 6) is -2.44. The Labute approximate surface area is 238 Å². The van der Waals surface area contributed by atoms with Crippen molar-refractivity contribution in [1.82, 2.24) is 15.5 Å². The number of nitrogens with two attached hydrogens (primary N) is 1. The van der Waals surface area contributed by atoms with Crippen molar-refractivity contribution in [3.05, 3.63) is 33.8 Å². The van der Waals surface area contributed by atoms with E-state index in [1.807, 2.05) is 6.92 Å². The zero-order valence-electron chi connectivity index (χ0n) is 22.4. The number of carbonyl (C=O) groups is 4. The number of rotatable bonds is 3. The predicted octanol–water partition coefficient (Wildman–Crippen LogP) is 3.28. The van der Waals surface area contributed by atoms with Crippen LogP contribution < -0.4 is 16.4 Å². The number of primary amides is 1. The van der Waals surface area contributed by atoms with E-state index in [9.17, 15) is 24.4 Å². The smallest absolute Gasteiger partial charge is 0.253 e. The first kappa shape index (κ1) is 29.2. The first-order valence-corrected chi connectivity index (χ1v) is 14.2. The monoisotopic (exact) mass is 575 g/mol. The number of amides is 4. The Kier molecular flexibility index (Phi) is 8.48. The highest BCUT2D eigenvalue weighted by Gasteiger charge is 2.69. The van der Waals surface area contributed by atoms with Crippen LogP contribution in [0.3, 0.4) is 0 Å². The molecule has 0 bridgehead atoms. The van der Waals surface area contributed by atoms with Crippen LogP contribution >= 0.6 is 23.2 Å². The van der Waals surface area contributed by atoms with Gasteiger partial charge in [-0.3, -0.25) is 19.2 Å². The summed E-state index contributed by atoms with van der Waals surface area (Å²) in [5.41, 5.74) is 5.71. The van der Waals surface area contributed by atoms with E-state index in [1.54, 1.807) is 11.0 Å². The van der Waals surface area contributed by atoms with E-state index in [0.717, 1.165) is 0 Å². The molecule has 0 radical (unpaired) electrons. The highest BCUT2D eigenvalue weighted by atomic mass is 35.5. The fraction of sp³-hybridized carbons (Fsp3) is 0.607. The quantitative estimate of drug-likeness (QED) is 0.506. The standard InChI is InChI=1S/C28H35Cl2N5O4/c1-14-6-4-5-7-21(34-25(37)18-10-15(29)8-9-20(18)30)27(39)35-13-19-22(28(19,2)3)23(35)26(38)33-16(12-31)11-17(14)24(32)36/h8-10,14,16-17,19,21-23H,4-7,11,13H2,1-3H3,(H2,32,36)(H,33,38)(H,34,37)/t14-,16+,17+,19+,21+,22+,23+/m1/s1. The van der Waals surface area contributed by atoms with E-state index < -0.39 is 41.8 Å². The van der Waals surface area contributed by atoms with Crippen LogP contribution in [0.2, 0.25) is 10.0 Å². The van der Waals surface area contributed by atoms with Crippen LogP contribution in [-0.4, -0.2) is 53.2 Å². The van der Waals surface area contributed by atoms with Crippen molar-refractivity contribution in [2.75, 3.05) is 6.54 Å². The Morgan fingerprint density at radius 2 is 1.90 bits per heavy atom. The lowest BCUT2D eigenvalue weighted by Crippen LogP contribution is -2.57. The van der Waals surface area contributed by atoms with Gasteiger partial charge in [-0.25, -0.2) is 0 Å². The first-order chi connectivity index (χ1) is 18.4. The fourth-order valence-electron chi connectivity index (χ4n) is 6.48. The van der Waals surface area contributed by atoms with E-state index in [-0.39, 0.29) is 46.1 Å². The highest BCUT2D eigenvalue weighted by Crippen LogP contribution is 2.65. The van der Waals surface area contributed by atoms with Gasteiger partial charge in [-0.2, -0.15) is 5.26 Å². The number of hydrogen-bond donors (Lipinski definition) is 3. The van der Waals surface area contributed by atoms with Crippen LogP contribution in [0, 0.1) is 40.4 Å². The molecule has 1 saturated carbocycles. The molecule has 0 spiro atoms. The predicted molar refractivity (Wildman–Crippen MR) is 146 cm³/mol. The molecule has 210 valence electrons. The number of nitrogens with one attached hydrogen (secondary N) is 2. The normalized spacial score (nSPS) is 32.6. The van der Waals surface area contributed by atoms with E-state index in [4.69, 9.17) is 28.9 Å². The number of nitriles is 1. The summed E-state index contributed by atoms with van der Waals surface area (Å²) in [4.78, 5) is 54.6. The zero-order valence-corrected chi connectivity index (χ0v) is 23.9. The summed E-state index contributed by atoms with van der Waals surface area (Å²) in [6, 6.07) is 4.05. The van der Waals surface area contributed by atoms with Gasteiger partial charge in [-0.15, -0.1) is 0 Å². The molecular weight excluding hydrogens is 541 g/mol. The van der Waals surface area contributed by atoms with Crippen LogP contribution in [-0.2, 0) is 14.4 Å². The van der Waals surface area contributed by atoms with Crippen LogP contribution in [0.1, 0.15) is 63.2 Å².